The molecule has 0 atom stereocenters. The van der Waals surface area contributed by atoms with E-state index in [2.05, 4.69) is 0 Å². The highest BCUT2D eigenvalue weighted by molar-refractivity contribution is 7.92. The summed E-state index contributed by atoms with van der Waals surface area (Å²) in [6, 6.07) is 7.86. The molecule has 4 nitrogen and oxygen atoms in total. The van der Waals surface area contributed by atoms with Gasteiger partial charge in [0.05, 0.1) is 10.6 Å². The Balaban J connectivity index is 2.57. The number of hydrogen-bond donors (Lipinski definition) is 1. The van der Waals surface area contributed by atoms with Gasteiger partial charge in [-0.25, -0.2) is 17.2 Å². The van der Waals surface area contributed by atoms with E-state index in [1.807, 2.05) is 13.8 Å². The van der Waals surface area contributed by atoms with Gasteiger partial charge >= 0.3 is 0 Å². The third kappa shape index (κ3) is 3.98. The highest BCUT2D eigenvalue weighted by Crippen LogP contribution is 2.28. The molecule has 0 bridgehead atoms. The first-order valence-electron chi connectivity index (χ1n) is 6.98. The summed E-state index contributed by atoms with van der Waals surface area (Å²) in [5.41, 5.74) is 0.225. The predicted octanol–water partition coefficient (Wildman–Crippen LogP) is 3.52. The topological polar surface area (TPSA) is 57.6 Å². The van der Waals surface area contributed by atoms with Crippen LogP contribution in [0.15, 0.2) is 47.4 Å². The zero-order valence-electron chi connectivity index (χ0n) is 12.7. The molecule has 1 N–H and O–H groups in total. The normalized spacial score (nSPS) is 11.7. The molecule has 23 heavy (non-hydrogen) atoms. The van der Waals surface area contributed by atoms with Crippen molar-refractivity contribution in [2.45, 2.75) is 18.7 Å². The van der Waals surface area contributed by atoms with E-state index in [0.29, 0.717) is 6.07 Å². The molecule has 124 valence electrons. The number of halogens is 2. The molecule has 0 heterocycles. The van der Waals surface area contributed by atoms with Crippen LogP contribution < -0.4 is 4.31 Å². The molecule has 0 unspecified atom stereocenters. The molecule has 2 aromatic rings. The van der Waals surface area contributed by atoms with Crippen molar-refractivity contribution in [1.29, 1.82) is 0 Å². The Morgan fingerprint density at radius 2 is 1.70 bits per heavy atom. The number of rotatable bonds is 5. The van der Waals surface area contributed by atoms with Gasteiger partial charge in [0.15, 0.2) is 0 Å². The average Bonchev–Trinajstić information content (AvgIpc) is 2.43. The van der Waals surface area contributed by atoms with Crippen LogP contribution in [-0.4, -0.2) is 20.1 Å². The molecule has 0 aliphatic rings. The van der Waals surface area contributed by atoms with E-state index in [1.54, 1.807) is 0 Å². The van der Waals surface area contributed by atoms with Crippen LogP contribution in [0.4, 0.5) is 14.5 Å². The van der Waals surface area contributed by atoms with E-state index in [0.717, 1.165) is 16.4 Å². The highest BCUT2D eigenvalue weighted by Gasteiger charge is 2.27. The third-order valence-corrected chi connectivity index (χ3v) is 4.84. The van der Waals surface area contributed by atoms with Gasteiger partial charge in [0.25, 0.3) is 10.0 Å². The lowest BCUT2D eigenvalue weighted by Crippen LogP contribution is -2.34. The first-order valence-corrected chi connectivity index (χ1v) is 8.42. The van der Waals surface area contributed by atoms with Crippen LogP contribution in [0.2, 0.25) is 0 Å². The van der Waals surface area contributed by atoms with Crippen molar-refractivity contribution in [3.8, 4) is 5.75 Å². The molecule has 7 heteroatoms. The highest BCUT2D eigenvalue weighted by atomic mass is 32.2. The molecule has 0 radical (unpaired) electrons. The molecular weight excluding hydrogens is 324 g/mol. The average molecular weight is 341 g/mol. The molecule has 0 fully saturated rings. The summed E-state index contributed by atoms with van der Waals surface area (Å²) in [5.74, 6) is -2.07. The zero-order valence-corrected chi connectivity index (χ0v) is 13.5. The Morgan fingerprint density at radius 1 is 1.09 bits per heavy atom. The summed E-state index contributed by atoms with van der Waals surface area (Å²) in [7, 11) is -4.17. The molecule has 0 aromatic heterocycles. The van der Waals surface area contributed by atoms with E-state index in [9.17, 15) is 22.3 Å². The lowest BCUT2D eigenvalue weighted by atomic mass is 10.2. The summed E-state index contributed by atoms with van der Waals surface area (Å²) in [4.78, 5) is -0.473. The second kappa shape index (κ2) is 6.54. The Morgan fingerprint density at radius 3 is 2.22 bits per heavy atom. The summed E-state index contributed by atoms with van der Waals surface area (Å²) in [5, 5.41) is 9.58. The van der Waals surface area contributed by atoms with Crippen molar-refractivity contribution in [3.05, 3.63) is 54.1 Å². The van der Waals surface area contributed by atoms with Gasteiger partial charge in [-0.2, -0.15) is 0 Å². The monoisotopic (exact) mass is 341 g/mol. The van der Waals surface area contributed by atoms with Crippen LogP contribution >= 0.6 is 0 Å². The minimum atomic E-state index is -4.17. The van der Waals surface area contributed by atoms with Gasteiger partial charge in [-0.05, 0) is 30.2 Å². The van der Waals surface area contributed by atoms with E-state index >= 15 is 0 Å². The number of aromatic hydroxyl groups is 1. The fourth-order valence-electron chi connectivity index (χ4n) is 2.13. The van der Waals surface area contributed by atoms with Crippen LogP contribution in [-0.2, 0) is 10.0 Å². The van der Waals surface area contributed by atoms with Crippen LogP contribution in [0.5, 0.6) is 5.75 Å². The third-order valence-electron chi connectivity index (χ3n) is 3.07. The maximum atomic E-state index is 13.4. The smallest absolute Gasteiger partial charge is 0.264 e. The molecule has 0 spiro atoms. The van der Waals surface area contributed by atoms with Crippen molar-refractivity contribution in [1.82, 2.24) is 0 Å². The number of sulfonamides is 1. The minimum absolute atomic E-state index is 0.0365. The molecule has 0 saturated carbocycles. The lowest BCUT2D eigenvalue weighted by Gasteiger charge is -2.26. The van der Waals surface area contributed by atoms with Gasteiger partial charge in [-0.1, -0.05) is 19.9 Å². The van der Waals surface area contributed by atoms with Crippen molar-refractivity contribution in [2.75, 3.05) is 10.8 Å². The largest absolute Gasteiger partial charge is 0.508 e. The van der Waals surface area contributed by atoms with Crippen LogP contribution in [0.3, 0.4) is 0 Å². The fourth-order valence-corrected chi connectivity index (χ4v) is 3.79. The Kier molecular flexibility index (Phi) is 4.89. The van der Waals surface area contributed by atoms with E-state index in [-0.39, 0.29) is 23.9 Å². The van der Waals surface area contributed by atoms with Gasteiger partial charge in [-0.3, -0.25) is 4.31 Å². The Hall–Kier alpha value is -2.15. The lowest BCUT2D eigenvalue weighted by molar-refractivity contribution is 0.475. The number of nitrogens with zero attached hydrogens (tertiary/aromatic N) is 1. The maximum Gasteiger partial charge on any atom is 0.264 e. The zero-order chi connectivity index (χ0) is 17.2. The number of benzene rings is 2. The summed E-state index contributed by atoms with van der Waals surface area (Å²) in [6.45, 7) is 3.73. The second-order valence-electron chi connectivity index (χ2n) is 5.55. The molecular formula is C16H17F2NO3S. The summed E-state index contributed by atoms with van der Waals surface area (Å²) >= 11 is 0. The van der Waals surface area contributed by atoms with Gasteiger partial charge in [0, 0.05) is 18.7 Å². The van der Waals surface area contributed by atoms with Crippen LogP contribution in [0, 0.1) is 17.6 Å². The van der Waals surface area contributed by atoms with Crippen molar-refractivity contribution in [2.24, 2.45) is 5.92 Å². The van der Waals surface area contributed by atoms with E-state index < -0.39 is 26.6 Å². The molecule has 2 rings (SSSR count). The quantitative estimate of drug-likeness (QED) is 0.905. The maximum absolute atomic E-state index is 13.4. The molecule has 2 aromatic carbocycles. The van der Waals surface area contributed by atoms with Crippen molar-refractivity contribution in [3.63, 3.8) is 0 Å². The first kappa shape index (κ1) is 17.2. The number of phenolic OH excluding ortho intramolecular Hbond substituents is 1. The number of hydrogen-bond acceptors (Lipinski definition) is 3. The fraction of sp³-hybridized carbons (Fsp3) is 0.250. The van der Waals surface area contributed by atoms with Gasteiger partial charge in [0.1, 0.15) is 17.4 Å². The minimum Gasteiger partial charge on any atom is -0.508 e. The first-order chi connectivity index (χ1) is 10.7. The van der Waals surface area contributed by atoms with Crippen molar-refractivity contribution >= 4 is 15.7 Å². The second-order valence-corrected chi connectivity index (χ2v) is 7.42. The predicted molar refractivity (Wildman–Crippen MR) is 83.8 cm³/mol. The van der Waals surface area contributed by atoms with Gasteiger partial charge in [0.2, 0.25) is 0 Å². The molecule has 0 aliphatic heterocycles. The Bertz CT molecular complexity index is 786. The standard InChI is InChI=1S/C16H17F2NO3S/c1-11(2)10-19(14-4-3-5-15(20)9-14)23(21,22)16-7-12(17)6-13(18)8-16/h3-9,11,20H,10H2,1-2H3. The van der Waals surface area contributed by atoms with Gasteiger partial charge in [-0.15, -0.1) is 0 Å². The molecule has 0 amide bonds. The van der Waals surface area contributed by atoms with E-state index in [4.69, 9.17) is 0 Å². The van der Waals surface area contributed by atoms with Crippen LogP contribution in [0.1, 0.15) is 13.8 Å². The SMILES string of the molecule is CC(C)CN(c1cccc(O)c1)S(=O)(=O)c1cc(F)cc(F)c1. The molecule has 0 saturated heterocycles. The van der Waals surface area contributed by atoms with Crippen LogP contribution in [0.25, 0.3) is 0 Å². The van der Waals surface area contributed by atoms with Gasteiger partial charge < -0.3 is 5.11 Å². The summed E-state index contributed by atoms with van der Waals surface area (Å²) in [6.07, 6.45) is 0. The number of phenols is 1. The molecule has 0 aliphatic carbocycles. The Labute approximate surface area is 134 Å². The summed E-state index contributed by atoms with van der Waals surface area (Å²) < 4.78 is 53.4. The number of anilines is 1. The van der Waals surface area contributed by atoms with E-state index in [1.165, 1.54) is 24.3 Å². The van der Waals surface area contributed by atoms with Crippen molar-refractivity contribution < 1.29 is 22.3 Å².